The van der Waals surface area contributed by atoms with Crippen molar-refractivity contribution in [1.82, 2.24) is 20.2 Å². The van der Waals surface area contributed by atoms with Crippen molar-refractivity contribution in [1.29, 1.82) is 5.41 Å². The molecule has 5 aliphatic rings. The Morgan fingerprint density at radius 2 is 2.00 bits per heavy atom. The van der Waals surface area contributed by atoms with E-state index in [-0.39, 0.29) is 16.9 Å². The lowest BCUT2D eigenvalue weighted by molar-refractivity contribution is -0.125. The molecule has 3 N–H and O–H groups in total. The van der Waals surface area contributed by atoms with Crippen LogP contribution in [-0.4, -0.2) is 96.8 Å². The summed E-state index contributed by atoms with van der Waals surface area (Å²) in [6.07, 6.45) is 7.01. The second-order valence-electron chi connectivity index (χ2n) is 12.5. The fraction of sp³-hybridized carbons (Fsp3) is 0.714. The van der Waals surface area contributed by atoms with E-state index in [9.17, 15) is 9.18 Å². The van der Waals surface area contributed by atoms with Gasteiger partial charge in [-0.15, -0.1) is 0 Å². The third-order valence-electron chi connectivity index (χ3n) is 9.83. The summed E-state index contributed by atoms with van der Waals surface area (Å²) in [6, 6.07) is 2.50. The Morgan fingerprint density at radius 1 is 1.24 bits per heavy atom. The number of likely N-dealkylation sites (tertiary alicyclic amines) is 1. The summed E-state index contributed by atoms with van der Waals surface area (Å²) >= 11 is 0. The second kappa shape index (κ2) is 9.47. The molecule has 1 aromatic rings. The lowest BCUT2D eigenvalue weighted by Gasteiger charge is -2.41. The quantitative estimate of drug-likeness (QED) is 0.453. The van der Waals surface area contributed by atoms with Gasteiger partial charge in [0.2, 0.25) is 5.91 Å². The monoisotopic (exact) mass is 524 g/mol. The molecule has 10 heteroatoms. The van der Waals surface area contributed by atoms with Gasteiger partial charge in [-0.3, -0.25) is 14.7 Å². The lowest BCUT2D eigenvalue weighted by atomic mass is 9.82. The molecule has 4 fully saturated rings. The number of nitrogens with one attached hydrogen (secondary N) is 3. The highest BCUT2D eigenvalue weighted by atomic mass is 19.1. The van der Waals surface area contributed by atoms with Gasteiger partial charge in [-0.2, -0.15) is 5.10 Å². The first-order valence-electron chi connectivity index (χ1n) is 14.2. The summed E-state index contributed by atoms with van der Waals surface area (Å²) in [5, 5.41) is 22.0. The molecule has 3 aliphatic heterocycles. The van der Waals surface area contributed by atoms with Gasteiger partial charge in [0.05, 0.1) is 23.8 Å². The Labute approximate surface area is 224 Å². The standard InChI is InChI=1S/C28H41FN8O/c1-18-10-24(21(11-30)26(31-3)32-18)36-9-4-23-22(14-36)19(2)34-37(23)17-27-5-7-28(16-27,8-6-27)33-25(38)15-35-12-20(29)13-35/h10-11,20,22-23,30H,4-9,12-17H2,1-3H3,(H,31,32)(H,33,38). The number of hydrogen-bond donors (Lipinski definition) is 3. The van der Waals surface area contributed by atoms with Crippen LogP contribution in [-0.2, 0) is 4.79 Å². The van der Waals surface area contributed by atoms with Crippen LogP contribution in [0.3, 0.4) is 0 Å². The Morgan fingerprint density at radius 3 is 2.68 bits per heavy atom. The van der Waals surface area contributed by atoms with E-state index in [0.29, 0.717) is 31.6 Å². The highest BCUT2D eigenvalue weighted by Crippen LogP contribution is 2.57. The first kappa shape index (κ1) is 25.5. The summed E-state index contributed by atoms with van der Waals surface area (Å²) in [5.41, 5.74) is 4.18. The van der Waals surface area contributed by atoms with Gasteiger partial charge in [-0.25, -0.2) is 9.37 Å². The number of carbonyl (C=O) groups is 1. The minimum absolute atomic E-state index is 0.0501. The molecule has 0 aromatic carbocycles. The van der Waals surface area contributed by atoms with Gasteiger partial charge in [0.15, 0.2) is 0 Å². The maximum atomic E-state index is 13.1. The number of anilines is 2. The number of halogens is 1. The zero-order valence-electron chi connectivity index (χ0n) is 22.9. The van der Waals surface area contributed by atoms with Crippen LogP contribution in [0.15, 0.2) is 11.2 Å². The van der Waals surface area contributed by atoms with Crippen molar-refractivity contribution in [3.8, 4) is 0 Å². The van der Waals surface area contributed by atoms with Crippen LogP contribution >= 0.6 is 0 Å². The summed E-state index contributed by atoms with van der Waals surface area (Å²) in [7, 11) is 1.86. The Balaban J connectivity index is 1.10. The molecule has 2 bridgehead atoms. The summed E-state index contributed by atoms with van der Waals surface area (Å²) in [5.74, 6) is 1.17. The molecule has 38 heavy (non-hydrogen) atoms. The normalized spacial score (nSPS) is 32.7. The number of pyridine rings is 1. The largest absolute Gasteiger partial charge is 0.373 e. The van der Waals surface area contributed by atoms with E-state index in [1.807, 2.05) is 18.9 Å². The minimum atomic E-state index is -0.774. The molecule has 4 heterocycles. The molecule has 0 spiro atoms. The molecule has 206 valence electrons. The van der Waals surface area contributed by atoms with Gasteiger partial charge in [0, 0.05) is 68.8 Å². The van der Waals surface area contributed by atoms with Crippen molar-refractivity contribution in [2.45, 2.75) is 70.1 Å². The van der Waals surface area contributed by atoms with Crippen LogP contribution in [0.2, 0.25) is 0 Å². The molecule has 2 aliphatic carbocycles. The van der Waals surface area contributed by atoms with Crippen LogP contribution in [0.5, 0.6) is 0 Å². The number of aryl methyl sites for hydroxylation is 1. The molecule has 2 saturated heterocycles. The van der Waals surface area contributed by atoms with Crippen molar-refractivity contribution in [3.05, 3.63) is 17.3 Å². The molecule has 1 aromatic heterocycles. The highest BCUT2D eigenvalue weighted by Gasteiger charge is 2.56. The minimum Gasteiger partial charge on any atom is -0.373 e. The molecule has 1 amide bonds. The Hall–Kier alpha value is -2.75. The lowest BCUT2D eigenvalue weighted by Crippen LogP contribution is -2.55. The number of amides is 1. The van der Waals surface area contributed by atoms with Gasteiger partial charge in [-0.1, -0.05) is 0 Å². The van der Waals surface area contributed by atoms with Crippen molar-refractivity contribution in [2.75, 3.05) is 56.5 Å². The molecule has 2 saturated carbocycles. The van der Waals surface area contributed by atoms with Crippen molar-refractivity contribution < 1.29 is 9.18 Å². The molecule has 0 radical (unpaired) electrons. The van der Waals surface area contributed by atoms with Crippen LogP contribution in [0, 0.1) is 23.7 Å². The smallest absolute Gasteiger partial charge is 0.234 e. The number of fused-ring (bicyclic) bond motifs is 3. The third kappa shape index (κ3) is 4.44. The van der Waals surface area contributed by atoms with Gasteiger partial charge < -0.3 is 20.9 Å². The van der Waals surface area contributed by atoms with Gasteiger partial charge in [-0.05, 0) is 63.9 Å². The van der Waals surface area contributed by atoms with Crippen molar-refractivity contribution in [3.63, 3.8) is 0 Å². The van der Waals surface area contributed by atoms with Crippen LogP contribution < -0.4 is 15.5 Å². The zero-order chi connectivity index (χ0) is 26.7. The van der Waals surface area contributed by atoms with E-state index in [2.05, 4.69) is 38.5 Å². The predicted octanol–water partition coefficient (Wildman–Crippen LogP) is 2.79. The number of rotatable bonds is 8. The molecular weight excluding hydrogens is 483 g/mol. The molecule has 2 atom stereocenters. The fourth-order valence-electron chi connectivity index (χ4n) is 7.92. The van der Waals surface area contributed by atoms with E-state index in [4.69, 9.17) is 10.5 Å². The summed E-state index contributed by atoms with van der Waals surface area (Å²) in [6.45, 7) is 8.04. The van der Waals surface area contributed by atoms with Crippen LogP contribution in [0.1, 0.15) is 56.7 Å². The number of hydrogen-bond acceptors (Lipinski definition) is 8. The van der Waals surface area contributed by atoms with Crippen molar-refractivity contribution in [2.24, 2.45) is 16.4 Å². The predicted molar refractivity (Wildman–Crippen MR) is 148 cm³/mol. The van der Waals surface area contributed by atoms with Crippen LogP contribution in [0.25, 0.3) is 0 Å². The number of piperidine rings is 1. The Bertz CT molecular complexity index is 1140. The summed E-state index contributed by atoms with van der Waals surface area (Å²) in [4.78, 5) is 21.6. The first-order chi connectivity index (χ1) is 18.2. The maximum absolute atomic E-state index is 13.1. The number of carbonyl (C=O) groups excluding carboxylic acids is 1. The summed E-state index contributed by atoms with van der Waals surface area (Å²) < 4.78 is 13.1. The van der Waals surface area contributed by atoms with Crippen molar-refractivity contribution >= 4 is 29.3 Å². The zero-order valence-corrected chi connectivity index (χ0v) is 22.9. The maximum Gasteiger partial charge on any atom is 0.234 e. The number of aromatic nitrogens is 1. The average Bonchev–Trinajstić information content (AvgIpc) is 3.51. The SMILES string of the molecule is CNc1nc(C)cc(N2CCC3C(C2)C(C)=NN3CC23CCC(NC(=O)CN4CC(F)C4)(CC2)C3)c1C=N. The molecule has 9 nitrogen and oxygen atoms in total. The van der Waals surface area contributed by atoms with E-state index in [1.165, 1.54) is 11.9 Å². The highest BCUT2D eigenvalue weighted by molar-refractivity contribution is 5.93. The molecule has 2 unspecified atom stereocenters. The van der Waals surface area contributed by atoms with Gasteiger partial charge in [0.25, 0.3) is 0 Å². The van der Waals surface area contributed by atoms with Crippen LogP contribution in [0.4, 0.5) is 15.9 Å². The van der Waals surface area contributed by atoms with E-state index in [1.54, 1.807) is 0 Å². The Kier molecular flexibility index (Phi) is 6.36. The van der Waals surface area contributed by atoms with Gasteiger partial charge in [0.1, 0.15) is 12.0 Å². The fourth-order valence-corrected chi connectivity index (χ4v) is 7.92. The molecular formula is C28H41FN8O. The molecule has 6 rings (SSSR count). The van der Waals surface area contributed by atoms with E-state index >= 15 is 0 Å². The number of nitrogens with zero attached hydrogens (tertiary/aromatic N) is 5. The third-order valence-corrected chi connectivity index (χ3v) is 9.83. The topological polar surface area (TPSA) is 100.0 Å². The number of hydrazone groups is 1. The van der Waals surface area contributed by atoms with E-state index in [0.717, 1.165) is 80.9 Å². The van der Waals surface area contributed by atoms with E-state index < -0.39 is 6.17 Å². The number of alkyl halides is 1. The second-order valence-corrected chi connectivity index (χ2v) is 12.5. The van der Waals surface area contributed by atoms with Gasteiger partial charge >= 0.3 is 0 Å². The first-order valence-corrected chi connectivity index (χ1v) is 14.2. The average molecular weight is 525 g/mol.